The number of unbranched alkanes of at least 4 members (excludes halogenated alkanes) is 8. The summed E-state index contributed by atoms with van der Waals surface area (Å²) < 4.78 is 43.9. The average molecular weight is 702 g/mol. The van der Waals surface area contributed by atoms with Gasteiger partial charge in [0, 0.05) is 0 Å². The van der Waals surface area contributed by atoms with Crippen molar-refractivity contribution in [3.05, 3.63) is 0 Å². The van der Waals surface area contributed by atoms with Gasteiger partial charge in [0.05, 0.1) is 25.4 Å². The molecule has 0 aliphatic heterocycles. The Bertz CT molecular complexity index is 630. The van der Waals surface area contributed by atoms with Gasteiger partial charge in [0.15, 0.2) is 0 Å². The molecule has 0 aliphatic rings. The summed E-state index contributed by atoms with van der Waals surface area (Å²) in [4.78, 5) is 23.6. The standard InChI is InChI=1S/2C16H35O4P.Co/c2*1-5-8-10-11-12-15(4)20-21(17,18)19-14-16(7-3)13-9-6-2;/h2*15-16H,5-14H2,1-4H3,(H,17,18);/q;;+2/p-2. The smallest absolute Gasteiger partial charge is 0.756 e. The van der Waals surface area contributed by atoms with Crippen LogP contribution in [0.25, 0.3) is 0 Å². The van der Waals surface area contributed by atoms with E-state index in [2.05, 4.69) is 41.5 Å². The fourth-order valence-electron chi connectivity index (χ4n) is 4.51. The van der Waals surface area contributed by atoms with Crippen LogP contribution in [0.4, 0.5) is 0 Å². The zero-order valence-electron chi connectivity index (χ0n) is 28.9. The van der Waals surface area contributed by atoms with Gasteiger partial charge in [0.1, 0.15) is 0 Å². The van der Waals surface area contributed by atoms with E-state index < -0.39 is 15.6 Å². The first-order valence-electron chi connectivity index (χ1n) is 17.2. The van der Waals surface area contributed by atoms with Gasteiger partial charge in [0.25, 0.3) is 15.6 Å². The van der Waals surface area contributed by atoms with Crippen molar-refractivity contribution in [2.45, 2.75) is 183 Å². The molecule has 0 amide bonds. The van der Waals surface area contributed by atoms with E-state index in [4.69, 9.17) is 18.1 Å². The zero-order chi connectivity index (χ0) is 32.3. The van der Waals surface area contributed by atoms with Crippen molar-refractivity contribution in [1.82, 2.24) is 0 Å². The molecular weight excluding hydrogens is 633 g/mol. The quantitative estimate of drug-likeness (QED) is 0.0584. The summed E-state index contributed by atoms with van der Waals surface area (Å²) in [5.74, 6) is 0.603. The van der Waals surface area contributed by atoms with E-state index >= 15 is 0 Å². The molecule has 0 saturated carbocycles. The van der Waals surface area contributed by atoms with E-state index in [0.717, 1.165) is 89.9 Å². The molecule has 0 spiro atoms. The summed E-state index contributed by atoms with van der Waals surface area (Å²) >= 11 is 0. The predicted octanol–water partition coefficient (Wildman–Crippen LogP) is 10.1. The van der Waals surface area contributed by atoms with Crippen LogP contribution in [0, 0.1) is 11.8 Å². The molecule has 43 heavy (non-hydrogen) atoms. The number of hydrogen-bond acceptors (Lipinski definition) is 8. The molecule has 6 atom stereocenters. The van der Waals surface area contributed by atoms with Crippen molar-refractivity contribution >= 4 is 15.6 Å². The SMILES string of the molecule is CCCCCCC(C)OP(=O)([O-])OCC(CC)CCCC.CCCCCCC(C)OP(=O)([O-])OCC(CC)CCCC.[Co+2]. The largest absolute Gasteiger partial charge is 2.00 e. The molecule has 0 bridgehead atoms. The Morgan fingerprint density at radius 2 is 0.837 bits per heavy atom. The maximum atomic E-state index is 11.8. The van der Waals surface area contributed by atoms with E-state index in [-0.39, 0.29) is 42.2 Å². The Balaban J connectivity index is -0.000000727. The molecule has 0 aromatic rings. The fourth-order valence-corrected chi connectivity index (χ4v) is 6.51. The molecule has 1 radical (unpaired) electrons. The first kappa shape index (κ1) is 48.1. The van der Waals surface area contributed by atoms with Crippen LogP contribution in [0.1, 0.15) is 171 Å². The number of phosphoric ester groups is 2. The second-order valence-corrected chi connectivity index (χ2v) is 14.6. The van der Waals surface area contributed by atoms with Crippen LogP contribution in [0.2, 0.25) is 0 Å². The molecule has 0 aromatic heterocycles. The molecule has 0 heterocycles. The van der Waals surface area contributed by atoms with Crippen molar-refractivity contribution in [1.29, 1.82) is 0 Å². The van der Waals surface area contributed by atoms with Crippen LogP contribution in [-0.2, 0) is 44.0 Å². The minimum Gasteiger partial charge on any atom is -0.756 e. The van der Waals surface area contributed by atoms with Crippen LogP contribution in [0.5, 0.6) is 0 Å². The van der Waals surface area contributed by atoms with Gasteiger partial charge in [-0.05, 0) is 51.4 Å². The average Bonchev–Trinajstić information content (AvgIpc) is 2.93. The summed E-state index contributed by atoms with van der Waals surface area (Å²) in [6, 6.07) is 0. The molecule has 263 valence electrons. The van der Waals surface area contributed by atoms with Gasteiger partial charge < -0.3 is 27.9 Å². The summed E-state index contributed by atoms with van der Waals surface area (Å²) in [5.41, 5.74) is 0. The van der Waals surface area contributed by atoms with Gasteiger partial charge in [-0.3, -0.25) is 9.13 Å². The predicted molar refractivity (Wildman–Crippen MR) is 172 cm³/mol. The minimum absolute atomic E-state index is 0. The summed E-state index contributed by atoms with van der Waals surface area (Å²) in [7, 11) is -8.31. The van der Waals surface area contributed by atoms with Crippen LogP contribution in [0.3, 0.4) is 0 Å². The van der Waals surface area contributed by atoms with E-state index in [1.165, 1.54) is 25.7 Å². The first-order chi connectivity index (χ1) is 19.9. The van der Waals surface area contributed by atoms with Crippen molar-refractivity contribution in [3.8, 4) is 0 Å². The monoisotopic (exact) mass is 701 g/mol. The molecule has 6 unspecified atom stereocenters. The van der Waals surface area contributed by atoms with Gasteiger partial charge in [-0.2, -0.15) is 0 Å². The Morgan fingerprint density at radius 1 is 0.512 bits per heavy atom. The summed E-state index contributed by atoms with van der Waals surface area (Å²) in [6.07, 6.45) is 18.3. The van der Waals surface area contributed by atoms with Crippen molar-refractivity contribution in [2.75, 3.05) is 13.2 Å². The molecule has 0 rings (SSSR count). The van der Waals surface area contributed by atoms with Crippen LogP contribution in [-0.4, -0.2) is 25.4 Å². The number of phosphoric acid groups is 2. The van der Waals surface area contributed by atoms with E-state index in [9.17, 15) is 18.9 Å². The van der Waals surface area contributed by atoms with Crippen LogP contribution >= 0.6 is 15.6 Å². The minimum atomic E-state index is -4.15. The molecule has 0 aromatic carbocycles. The normalized spacial score (nSPS) is 17.0. The van der Waals surface area contributed by atoms with Gasteiger partial charge in [-0.1, -0.05) is 131 Å². The van der Waals surface area contributed by atoms with E-state index in [1.54, 1.807) is 13.8 Å². The molecule has 11 heteroatoms. The van der Waals surface area contributed by atoms with Crippen molar-refractivity contribution in [2.24, 2.45) is 11.8 Å². The zero-order valence-corrected chi connectivity index (χ0v) is 31.8. The molecule has 8 nitrogen and oxygen atoms in total. The van der Waals surface area contributed by atoms with E-state index in [1.807, 2.05) is 0 Å². The molecule has 0 aliphatic carbocycles. The Hall–Kier alpha value is 0.726. The van der Waals surface area contributed by atoms with Crippen molar-refractivity contribution in [3.63, 3.8) is 0 Å². The second kappa shape index (κ2) is 31.3. The molecule has 0 fully saturated rings. The third-order valence-corrected chi connectivity index (χ3v) is 9.74. The molecular formula is C32H68CoO8P2. The number of hydrogen-bond donors (Lipinski definition) is 0. The summed E-state index contributed by atoms with van der Waals surface area (Å²) in [5, 5.41) is 0. The fraction of sp³-hybridized carbons (Fsp3) is 1.00. The Morgan fingerprint density at radius 3 is 1.12 bits per heavy atom. The molecule has 0 N–H and O–H groups in total. The maximum Gasteiger partial charge on any atom is 2.00 e. The van der Waals surface area contributed by atoms with E-state index in [0.29, 0.717) is 11.8 Å². The third-order valence-electron chi connectivity index (χ3n) is 7.57. The van der Waals surface area contributed by atoms with Gasteiger partial charge in [-0.15, -0.1) is 0 Å². The van der Waals surface area contributed by atoms with Crippen molar-refractivity contribution < 1.29 is 53.8 Å². The van der Waals surface area contributed by atoms with Crippen LogP contribution in [0.15, 0.2) is 0 Å². The maximum absolute atomic E-state index is 11.8. The molecule has 0 saturated heterocycles. The topological polar surface area (TPSA) is 117 Å². The summed E-state index contributed by atoms with van der Waals surface area (Å²) in [6.45, 7) is 16.8. The van der Waals surface area contributed by atoms with Gasteiger partial charge >= 0.3 is 16.8 Å². The Labute approximate surface area is 277 Å². The first-order valence-corrected chi connectivity index (χ1v) is 20.1. The Kier molecular flexibility index (Phi) is 35.1. The van der Waals surface area contributed by atoms with Gasteiger partial charge in [0.2, 0.25) is 0 Å². The number of rotatable bonds is 28. The van der Waals surface area contributed by atoms with Crippen LogP contribution < -0.4 is 9.79 Å². The third kappa shape index (κ3) is 32.5. The van der Waals surface area contributed by atoms with Gasteiger partial charge in [-0.25, -0.2) is 0 Å². The second-order valence-electron chi connectivity index (χ2n) is 11.8.